The van der Waals surface area contributed by atoms with Crippen molar-refractivity contribution >= 4 is 0 Å². The molecule has 0 bridgehead atoms. The first-order valence-corrected chi connectivity index (χ1v) is 6.64. The maximum Gasteiger partial charge on any atom is 0.218 e. The van der Waals surface area contributed by atoms with E-state index in [1.165, 1.54) is 0 Å². The van der Waals surface area contributed by atoms with Gasteiger partial charge in [0.2, 0.25) is 5.88 Å². The molecule has 1 aliphatic rings. The molecular weight excluding hydrogens is 228 g/mol. The van der Waals surface area contributed by atoms with Gasteiger partial charge in [-0.05, 0) is 18.5 Å². The molecule has 4 nitrogen and oxygen atoms in total. The largest absolute Gasteiger partial charge is 0.472 e. The van der Waals surface area contributed by atoms with E-state index in [1.54, 1.807) is 6.20 Å². The standard InChI is InChI=1S/C14H22N2O2/c1-11(2)8-15-9-12-4-3-6-16-14(12)18-13-5-7-17-10-13/h3-4,6,11,13,15H,5,7-10H2,1-2H3. The first-order valence-electron chi connectivity index (χ1n) is 6.64. The summed E-state index contributed by atoms with van der Waals surface area (Å²) < 4.78 is 11.2. The van der Waals surface area contributed by atoms with Crippen molar-refractivity contribution in [2.24, 2.45) is 5.92 Å². The first-order chi connectivity index (χ1) is 8.75. The van der Waals surface area contributed by atoms with Gasteiger partial charge in [0.15, 0.2) is 0 Å². The molecule has 1 fully saturated rings. The van der Waals surface area contributed by atoms with Crippen molar-refractivity contribution < 1.29 is 9.47 Å². The number of rotatable bonds is 6. The number of hydrogen-bond donors (Lipinski definition) is 1. The molecule has 0 saturated carbocycles. The predicted molar refractivity (Wildman–Crippen MR) is 70.6 cm³/mol. The van der Waals surface area contributed by atoms with Crippen LogP contribution in [0.3, 0.4) is 0 Å². The zero-order chi connectivity index (χ0) is 12.8. The van der Waals surface area contributed by atoms with Gasteiger partial charge in [0.1, 0.15) is 6.10 Å². The smallest absolute Gasteiger partial charge is 0.218 e. The summed E-state index contributed by atoms with van der Waals surface area (Å²) in [7, 11) is 0. The van der Waals surface area contributed by atoms with Gasteiger partial charge in [-0.2, -0.15) is 0 Å². The fraction of sp³-hybridized carbons (Fsp3) is 0.643. The third-order valence-corrected chi connectivity index (χ3v) is 2.88. The molecule has 1 N–H and O–H groups in total. The monoisotopic (exact) mass is 250 g/mol. The Kier molecular flexibility index (Phi) is 4.96. The second kappa shape index (κ2) is 6.71. The Bertz CT molecular complexity index is 363. The summed E-state index contributed by atoms with van der Waals surface area (Å²) in [6, 6.07) is 4.01. The Morgan fingerprint density at radius 1 is 1.56 bits per heavy atom. The van der Waals surface area contributed by atoms with Crippen molar-refractivity contribution in [3.63, 3.8) is 0 Å². The van der Waals surface area contributed by atoms with E-state index in [2.05, 4.69) is 30.2 Å². The Balaban J connectivity index is 1.91. The molecule has 0 spiro atoms. The number of nitrogens with zero attached hydrogens (tertiary/aromatic N) is 1. The lowest BCUT2D eigenvalue weighted by atomic mass is 10.2. The summed E-state index contributed by atoms with van der Waals surface area (Å²) >= 11 is 0. The van der Waals surface area contributed by atoms with Crippen molar-refractivity contribution in [3.05, 3.63) is 23.9 Å². The van der Waals surface area contributed by atoms with Crippen LogP contribution in [0.5, 0.6) is 5.88 Å². The van der Waals surface area contributed by atoms with Gasteiger partial charge in [0.25, 0.3) is 0 Å². The maximum atomic E-state index is 5.89. The van der Waals surface area contributed by atoms with E-state index in [4.69, 9.17) is 9.47 Å². The molecule has 1 atom stereocenters. The number of aromatic nitrogens is 1. The van der Waals surface area contributed by atoms with Crippen molar-refractivity contribution in [2.75, 3.05) is 19.8 Å². The topological polar surface area (TPSA) is 43.4 Å². The molecule has 0 radical (unpaired) electrons. The molecule has 1 unspecified atom stereocenters. The molecule has 2 rings (SSSR count). The van der Waals surface area contributed by atoms with E-state index >= 15 is 0 Å². The van der Waals surface area contributed by atoms with Gasteiger partial charge in [-0.25, -0.2) is 4.98 Å². The van der Waals surface area contributed by atoms with E-state index < -0.39 is 0 Å². The summed E-state index contributed by atoms with van der Waals surface area (Å²) in [5.41, 5.74) is 1.12. The summed E-state index contributed by atoms with van der Waals surface area (Å²) in [6.07, 6.45) is 2.88. The molecule has 1 aromatic rings. The quantitative estimate of drug-likeness (QED) is 0.838. The molecule has 0 aliphatic carbocycles. The predicted octanol–water partition coefficient (Wildman–Crippen LogP) is 1.99. The van der Waals surface area contributed by atoms with E-state index in [9.17, 15) is 0 Å². The van der Waals surface area contributed by atoms with Crippen molar-refractivity contribution in [1.82, 2.24) is 10.3 Å². The molecule has 0 amide bonds. The maximum absolute atomic E-state index is 5.89. The van der Waals surface area contributed by atoms with Gasteiger partial charge in [0.05, 0.1) is 13.2 Å². The Labute approximate surface area is 109 Å². The minimum Gasteiger partial charge on any atom is -0.472 e. The third-order valence-electron chi connectivity index (χ3n) is 2.88. The van der Waals surface area contributed by atoms with Crippen LogP contribution in [0.1, 0.15) is 25.8 Å². The molecule has 4 heteroatoms. The summed E-state index contributed by atoms with van der Waals surface area (Å²) in [5.74, 6) is 1.39. The van der Waals surface area contributed by atoms with Crippen LogP contribution in [0.25, 0.3) is 0 Å². The summed E-state index contributed by atoms with van der Waals surface area (Å²) in [4.78, 5) is 4.32. The average molecular weight is 250 g/mol. The highest BCUT2D eigenvalue weighted by Gasteiger charge is 2.19. The van der Waals surface area contributed by atoms with E-state index in [1.807, 2.05) is 6.07 Å². The van der Waals surface area contributed by atoms with Crippen LogP contribution in [0.2, 0.25) is 0 Å². The summed E-state index contributed by atoms with van der Waals surface area (Å²) in [5, 5.41) is 3.42. The molecule has 100 valence electrons. The third kappa shape index (κ3) is 3.96. The number of hydrogen-bond acceptors (Lipinski definition) is 4. The minimum absolute atomic E-state index is 0.156. The fourth-order valence-corrected chi connectivity index (χ4v) is 1.92. The second-order valence-electron chi connectivity index (χ2n) is 5.10. The van der Waals surface area contributed by atoms with Crippen molar-refractivity contribution in [1.29, 1.82) is 0 Å². The molecular formula is C14H22N2O2. The van der Waals surface area contributed by atoms with Gasteiger partial charge in [0, 0.05) is 24.7 Å². The molecule has 18 heavy (non-hydrogen) atoms. The Hall–Kier alpha value is -1.13. The molecule has 0 aromatic carbocycles. The SMILES string of the molecule is CC(C)CNCc1cccnc1OC1CCOC1. The molecule has 1 aliphatic heterocycles. The Morgan fingerprint density at radius 2 is 2.44 bits per heavy atom. The lowest BCUT2D eigenvalue weighted by Crippen LogP contribution is -2.21. The van der Waals surface area contributed by atoms with Crippen molar-refractivity contribution in [2.45, 2.75) is 32.9 Å². The summed E-state index contributed by atoms with van der Waals surface area (Å²) in [6.45, 7) is 7.66. The van der Waals surface area contributed by atoms with Crippen molar-refractivity contribution in [3.8, 4) is 5.88 Å². The van der Waals surface area contributed by atoms with Gasteiger partial charge < -0.3 is 14.8 Å². The van der Waals surface area contributed by atoms with Crippen LogP contribution in [-0.2, 0) is 11.3 Å². The van der Waals surface area contributed by atoms with Crippen LogP contribution >= 0.6 is 0 Å². The Morgan fingerprint density at radius 3 is 3.17 bits per heavy atom. The second-order valence-corrected chi connectivity index (χ2v) is 5.10. The van der Waals surface area contributed by atoms with Gasteiger partial charge >= 0.3 is 0 Å². The fourth-order valence-electron chi connectivity index (χ4n) is 1.92. The minimum atomic E-state index is 0.156. The van der Waals surface area contributed by atoms with Crippen LogP contribution in [0, 0.1) is 5.92 Å². The van der Waals surface area contributed by atoms with E-state index in [-0.39, 0.29) is 6.10 Å². The number of nitrogens with one attached hydrogen (secondary N) is 1. The number of ether oxygens (including phenoxy) is 2. The zero-order valence-corrected chi connectivity index (χ0v) is 11.2. The van der Waals surface area contributed by atoms with Crippen LogP contribution < -0.4 is 10.1 Å². The van der Waals surface area contributed by atoms with Gasteiger partial charge in [-0.1, -0.05) is 19.9 Å². The average Bonchev–Trinajstić information content (AvgIpc) is 2.84. The van der Waals surface area contributed by atoms with E-state index in [0.29, 0.717) is 12.5 Å². The van der Waals surface area contributed by atoms with Gasteiger partial charge in [-0.3, -0.25) is 0 Å². The lowest BCUT2D eigenvalue weighted by molar-refractivity contribution is 0.137. The molecule has 1 saturated heterocycles. The van der Waals surface area contributed by atoms with Gasteiger partial charge in [-0.15, -0.1) is 0 Å². The van der Waals surface area contributed by atoms with Crippen LogP contribution in [0.4, 0.5) is 0 Å². The molecule has 2 heterocycles. The normalized spacial score (nSPS) is 19.4. The van der Waals surface area contributed by atoms with Crippen LogP contribution in [0.15, 0.2) is 18.3 Å². The number of pyridine rings is 1. The van der Waals surface area contributed by atoms with E-state index in [0.717, 1.165) is 37.6 Å². The lowest BCUT2D eigenvalue weighted by Gasteiger charge is -2.15. The molecule has 1 aromatic heterocycles. The highest BCUT2D eigenvalue weighted by molar-refractivity contribution is 5.25. The highest BCUT2D eigenvalue weighted by atomic mass is 16.5. The first kappa shape index (κ1) is 13.3. The highest BCUT2D eigenvalue weighted by Crippen LogP contribution is 2.18. The zero-order valence-electron chi connectivity index (χ0n) is 11.2. The van der Waals surface area contributed by atoms with Crippen LogP contribution in [-0.4, -0.2) is 30.8 Å².